The van der Waals surface area contributed by atoms with E-state index >= 15 is 0 Å². The van der Waals surface area contributed by atoms with Crippen molar-refractivity contribution in [2.24, 2.45) is 0 Å². The first kappa shape index (κ1) is 13.2. The number of aromatic nitrogens is 3. The van der Waals surface area contributed by atoms with Crippen LogP contribution in [0.5, 0.6) is 0 Å². The van der Waals surface area contributed by atoms with Crippen molar-refractivity contribution < 1.29 is 0 Å². The second-order valence-electron chi connectivity index (χ2n) is 5.73. The summed E-state index contributed by atoms with van der Waals surface area (Å²) in [6.07, 6.45) is 3.55. The van der Waals surface area contributed by atoms with Crippen molar-refractivity contribution in [3.8, 4) is 0 Å². The van der Waals surface area contributed by atoms with E-state index in [1.807, 2.05) is 0 Å². The molecule has 1 atom stereocenters. The maximum Gasteiger partial charge on any atom is 0.229 e. The summed E-state index contributed by atoms with van der Waals surface area (Å²) >= 11 is 0. The van der Waals surface area contributed by atoms with Crippen LogP contribution in [-0.4, -0.2) is 34.1 Å². The fraction of sp³-hybridized carbons (Fsp3) is 0.600. The molecule has 2 aromatic heterocycles. The van der Waals surface area contributed by atoms with Crippen molar-refractivity contribution in [1.29, 1.82) is 0 Å². The molecule has 0 aromatic carbocycles. The Labute approximate surface area is 119 Å². The van der Waals surface area contributed by atoms with Gasteiger partial charge in [-0.1, -0.05) is 6.92 Å². The summed E-state index contributed by atoms with van der Waals surface area (Å²) in [5.41, 5.74) is 2.06. The number of fused-ring (bicyclic) bond motifs is 1. The smallest absolute Gasteiger partial charge is 0.229 e. The number of hydrogen-bond donors (Lipinski definition) is 2. The van der Waals surface area contributed by atoms with Gasteiger partial charge in [0, 0.05) is 24.8 Å². The third kappa shape index (κ3) is 2.44. The van der Waals surface area contributed by atoms with Gasteiger partial charge in [-0.05, 0) is 39.2 Å². The molecule has 0 saturated carbocycles. The zero-order chi connectivity index (χ0) is 14.1. The first-order valence-corrected chi connectivity index (χ1v) is 7.56. The molecule has 0 bridgehead atoms. The van der Waals surface area contributed by atoms with E-state index in [0.29, 0.717) is 6.04 Å². The number of aryl methyl sites for hydroxylation is 1. The van der Waals surface area contributed by atoms with Gasteiger partial charge < -0.3 is 15.2 Å². The maximum atomic E-state index is 4.77. The van der Waals surface area contributed by atoms with Crippen LogP contribution in [-0.2, 0) is 0 Å². The summed E-state index contributed by atoms with van der Waals surface area (Å²) in [5, 5.41) is 4.60. The number of H-pyrrole nitrogens is 1. The van der Waals surface area contributed by atoms with Gasteiger partial charge in [-0.15, -0.1) is 0 Å². The fourth-order valence-electron chi connectivity index (χ4n) is 2.63. The average molecular weight is 273 g/mol. The predicted octanol–water partition coefficient (Wildman–Crippen LogP) is 3.08. The van der Waals surface area contributed by atoms with Crippen LogP contribution in [0.2, 0.25) is 0 Å². The van der Waals surface area contributed by atoms with Gasteiger partial charge in [0.05, 0.1) is 5.39 Å². The van der Waals surface area contributed by atoms with E-state index < -0.39 is 0 Å². The fourth-order valence-corrected chi connectivity index (χ4v) is 2.63. The number of rotatable bonds is 4. The zero-order valence-electron chi connectivity index (χ0n) is 12.5. The van der Waals surface area contributed by atoms with Crippen molar-refractivity contribution in [2.75, 3.05) is 23.3 Å². The van der Waals surface area contributed by atoms with Gasteiger partial charge in [0.25, 0.3) is 0 Å². The quantitative estimate of drug-likeness (QED) is 0.899. The number of nitrogens with one attached hydrogen (secondary N) is 2. The Kier molecular flexibility index (Phi) is 3.51. The minimum Gasteiger partial charge on any atom is -0.367 e. The molecule has 5 nitrogen and oxygen atoms in total. The summed E-state index contributed by atoms with van der Waals surface area (Å²) in [6, 6.07) is 2.53. The van der Waals surface area contributed by atoms with Gasteiger partial charge >= 0.3 is 0 Å². The summed E-state index contributed by atoms with van der Waals surface area (Å²) in [4.78, 5) is 15.1. The number of anilines is 2. The third-order valence-corrected chi connectivity index (χ3v) is 3.99. The minimum absolute atomic E-state index is 0.412. The lowest BCUT2D eigenvalue weighted by Gasteiger charge is -2.18. The molecule has 3 rings (SSSR count). The highest BCUT2D eigenvalue weighted by Crippen LogP contribution is 2.26. The molecule has 5 heteroatoms. The highest BCUT2D eigenvalue weighted by molar-refractivity contribution is 5.89. The first-order chi connectivity index (χ1) is 9.67. The monoisotopic (exact) mass is 273 g/mol. The number of aromatic amines is 1. The Hall–Kier alpha value is -1.78. The second kappa shape index (κ2) is 5.31. The molecular formula is C15H23N5. The van der Waals surface area contributed by atoms with E-state index in [2.05, 4.69) is 42.0 Å². The summed E-state index contributed by atoms with van der Waals surface area (Å²) < 4.78 is 0. The van der Waals surface area contributed by atoms with Crippen LogP contribution < -0.4 is 10.2 Å². The molecule has 108 valence electrons. The van der Waals surface area contributed by atoms with Crippen LogP contribution >= 0.6 is 0 Å². The highest BCUT2D eigenvalue weighted by atomic mass is 15.3. The van der Waals surface area contributed by atoms with Crippen molar-refractivity contribution in [2.45, 2.75) is 46.1 Å². The van der Waals surface area contributed by atoms with Crippen molar-refractivity contribution >= 4 is 22.8 Å². The third-order valence-electron chi connectivity index (χ3n) is 3.99. The number of nitrogens with zero attached hydrogens (tertiary/aromatic N) is 3. The molecule has 0 spiro atoms. The van der Waals surface area contributed by atoms with E-state index in [1.54, 1.807) is 0 Å². The first-order valence-electron chi connectivity index (χ1n) is 7.56. The molecule has 2 N–H and O–H groups in total. The molecule has 1 fully saturated rings. The predicted molar refractivity (Wildman–Crippen MR) is 83.4 cm³/mol. The number of hydrogen-bond acceptors (Lipinski definition) is 4. The lowest BCUT2D eigenvalue weighted by Crippen LogP contribution is -2.22. The Morgan fingerprint density at radius 3 is 2.80 bits per heavy atom. The van der Waals surface area contributed by atoms with Crippen LogP contribution in [0.1, 0.15) is 38.8 Å². The minimum atomic E-state index is 0.412. The normalized spacial score (nSPS) is 16.9. The average Bonchev–Trinajstić information content (AvgIpc) is 3.06. The standard InChI is InChI=1S/C15H23N5/c1-4-10(2)16-13-12-9-11(3)17-14(12)19-15(18-13)20-7-5-6-8-20/h9-10H,4-8H2,1-3H3,(H2,16,17,18,19). The van der Waals surface area contributed by atoms with Crippen LogP contribution in [0.15, 0.2) is 6.07 Å². The van der Waals surface area contributed by atoms with E-state index in [-0.39, 0.29) is 0 Å². The van der Waals surface area contributed by atoms with E-state index in [4.69, 9.17) is 9.97 Å². The SMILES string of the molecule is CCC(C)Nc1nc(N2CCCC2)nc2[nH]c(C)cc12. The van der Waals surface area contributed by atoms with Crippen molar-refractivity contribution in [3.63, 3.8) is 0 Å². The largest absolute Gasteiger partial charge is 0.367 e. The Bertz CT molecular complexity index is 598. The molecule has 2 aromatic rings. The zero-order valence-corrected chi connectivity index (χ0v) is 12.5. The van der Waals surface area contributed by atoms with Crippen LogP contribution in [0.3, 0.4) is 0 Å². The van der Waals surface area contributed by atoms with E-state index in [0.717, 1.165) is 48.0 Å². The Morgan fingerprint density at radius 2 is 2.10 bits per heavy atom. The van der Waals surface area contributed by atoms with Crippen molar-refractivity contribution in [1.82, 2.24) is 15.0 Å². The van der Waals surface area contributed by atoms with E-state index in [1.165, 1.54) is 12.8 Å². The highest BCUT2D eigenvalue weighted by Gasteiger charge is 2.18. The molecule has 1 aliphatic rings. The second-order valence-corrected chi connectivity index (χ2v) is 5.73. The van der Waals surface area contributed by atoms with Crippen molar-refractivity contribution in [3.05, 3.63) is 11.8 Å². The van der Waals surface area contributed by atoms with Crippen LogP contribution in [0.4, 0.5) is 11.8 Å². The molecule has 20 heavy (non-hydrogen) atoms. The molecular weight excluding hydrogens is 250 g/mol. The lowest BCUT2D eigenvalue weighted by molar-refractivity contribution is 0.759. The Morgan fingerprint density at radius 1 is 1.35 bits per heavy atom. The molecule has 1 saturated heterocycles. The van der Waals surface area contributed by atoms with Gasteiger partial charge in [0.2, 0.25) is 5.95 Å². The van der Waals surface area contributed by atoms with Gasteiger partial charge in [0.1, 0.15) is 11.5 Å². The van der Waals surface area contributed by atoms with Crippen LogP contribution in [0, 0.1) is 6.92 Å². The van der Waals surface area contributed by atoms with Crippen LogP contribution in [0.25, 0.3) is 11.0 Å². The maximum absolute atomic E-state index is 4.77. The summed E-state index contributed by atoms with van der Waals surface area (Å²) in [6.45, 7) is 8.55. The lowest BCUT2D eigenvalue weighted by atomic mass is 10.2. The summed E-state index contributed by atoms with van der Waals surface area (Å²) in [7, 11) is 0. The van der Waals surface area contributed by atoms with Gasteiger partial charge in [0.15, 0.2) is 0 Å². The van der Waals surface area contributed by atoms with Gasteiger partial charge in [-0.3, -0.25) is 0 Å². The molecule has 0 aliphatic carbocycles. The van der Waals surface area contributed by atoms with Gasteiger partial charge in [-0.25, -0.2) is 0 Å². The van der Waals surface area contributed by atoms with Gasteiger partial charge in [-0.2, -0.15) is 9.97 Å². The summed E-state index contributed by atoms with van der Waals surface area (Å²) in [5.74, 6) is 1.80. The topological polar surface area (TPSA) is 56.8 Å². The Balaban J connectivity index is 2.04. The van der Waals surface area contributed by atoms with E-state index in [9.17, 15) is 0 Å². The molecule has 1 unspecified atom stereocenters. The molecule has 3 heterocycles. The molecule has 0 radical (unpaired) electrons. The molecule has 0 amide bonds. The molecule has 1 aliphatic heterocycles.